The second kappa shape index (κ2) is 6.49. The van der Waals surface area contributed by atoms with Gasteiger partial charge in [-0.25, -0.2) is 0 Å². The third kappa shape index (κ3) is 2.98. The number of hydrogen-bond acceptors (Lipinski definition) is 6. The molecule has 2 heterocycles. The van der Waals surface area contributed by atoms with E-state index in [0.29, 0.717) is 10.6 Å². The number of nitrogen functional groups attached to an aromatic ring is 1. The molecule has 0 unspecified atom stereocenters. The van der Waals surface area contributed by atoms with Crippen molar-refractivity contribution in [3.8, 4) is 0 Å². The molecular formula is C12H19N3O2S2. The summed E-state index contributed by atoms with van der Waals surface area (Å²) < 4.78 is 5.47. The summed E-state index contributed by atoms with van der Waals surface area (Å²) in [5.41, 5.74) is 6.70. The molecule has 1 amide bonds. The van der Waals surface area contributed by atoms with Crippen LogP contribution in [0.2, 0.25) is 0 Å². The van der Waals surface area contributed by atoms with Crippen molar-refractivity contribution in [3.63, 3.8) is 0 Å². The molecule has 7 heteroatoms. The molecule has 19 heavy (non-hydrogen) atoms. The van der Waals surface area contributed by atoms with Crippen molar-refractivity contribution in [2.24, 2.45) is 0 Å². The minimum atomic E-state index is -0.116. The maximum absolute atomic E-state index is 11.8. The van der Waals surface area contributed by atoms with Crippen molar-refractivity contribution in [3.05, 3.63) is 4.88 Å². The summed E-state index contributed by atoms with van der Waals surface area (Å²) in [6, 6.07) is 0. The largest absolute Gasteiger partial charge is 0.396 e. The highest BCUT2D eigenvalue weighted by Gasteiger charge is 2.24. The predicted molar refractivity (Wildman–Crippen MR) is 81.6 cm³/mol. The molecule has 106 valence electrons. The van der Waals surface area contributed by atoms with Crippen LogP contribution < -0.4 is 16.0 Å². The molecule has 1 fully saturated rings. The molecule has 2 rings (SSSR count). The molecule has 5 nitrogen and oxygen atoms in total. The normalized spacial score (nSPS) is 16.2. The summed E-state index contributed by atoms with van der Waals surface area (Å²) in [6.45, 7) is 3.32. The monoisotopic (exact) mass is 301 g/mol. The van der Waals surface area contributed by atoms with E-state index in [1.165, 1.54) is 11.3 Å². The lowest BCUT2D eigenvalue weighted by Crippen LogP contribution is -2.25. The number of ether oxygens (including phenoxy) is 1. The van der Waals surface area contributed by atoms with Crippen molar-refractivity contribution >= 4 is 39.7 Å². The summed E-state index contributed by atoms with van der Waals surface area (Å²) in [7, 11) is 1.62. The van der Waals surface area contributed by atoms with Gasteiger partial charge in [0.15, 0.2) is 0 Å². The van der Waals surface area contributed by atoms with E-state index >= 15 is 0 Å². The lowest BCUT2D eigenvalue weighted by atomic mass is 10.3. The van der Waals surface area contributed by atoms with Gasteiger partial charge < -0.3 is 20.7 Å². The minimum absolute atomic E-state index is 0.116. The Hall–Kier alpha value is -0.920. The highest BCUT2D eigenvalue weighted by atomic mass is 32.2. The Kier molecular flexibility index (Phi) is 4.95. The first-order chi connectivity index (χ1) is 9.19. The molecule has 1 aliphatic heterocycles. The summed E-state index contributed by atoms with van der Waals surface area (Å²) in [5, 5.41) is 3.73. The van der Waals surface area contributed by atoms with Gasteiger partial charge in [0.25, 0.3) is 5.91 Å². The lowest BCUT2D eigenvalue weighted by molar-refractivity contribution is 0.0968. The molecular weight excluding hydrogens is 282 g/mol. The van der Waals surface area contributed by atoms with Crippen molar-refractivity contribution in [1.82, 2.24) is 5.32 Å². The third-order valence-electron chi connectivity index (χ3n) is 3.03. The van der Waals surface area contributed by atoms with E-state index in [-0.39, 0.29) is 5.91 Å². The van der Waals surface area contributed by atoms with Gasteiger partial charge >= 0.3 is 0 Å². The number of rotatable bonds is 3. The highest BCUT2D eigenvalue weighted by molar-refractivity contribution is 7.99. The quantitative estimate of drug-likeness (QED) is 0.831. The van der Waals surface area contributed by atoms with E-state index < -0.39 is 0 Å². The first-order valence-corrected chi connectivity index (χ1v) is 8.24. The zero-order chi connectivity index (χ0) is 13.8. The van der Waals surface area contributed by atoms with Crippen LogP contribution in [0.1, 0.15) is 16.1 Å². The fraction of sp³-hybridized carbons (Fsp3) is 0.583. The Morgan fingerprint density at radius 2 is 2.26 bits per heavy atom. The molecule has 0 saturated carbocycles. The molecule has 0 spiro atoms. The number of amides is 1. The maximum atomic E-state index is 11.8. The molecule has 1 aromatic heterocycles. The second-order valence-electron chi connectivity index (χ2n) is 4.22. The average molecular weight is 301 g/mol. The van der Waals surface area contributed by atoms with E-state index in [1.807, 2.05) is 6.26 Å². The smallest absolute Gasteiger partial charge is 0.263 e. The van der Waals surface area contributed by atoms with Crippen molar-refractivity contribution in [1.29, 1.82) is 0 Å². The van der Waals surface area contributed by atoms with E-state index in [9.17, 15) is 4.79 Å². The van der Waals surface area contributed by atoms with Crippen LogP contribution in [-0.4, -0.2) is 45.5 Å². The van der Waals surface area contributed by atoms with Crippen LogP contribution in [0.15, 0.2) is 4.90 Å². The van der Waals surface area contributed by atoms with Crippen LogP contribution in [0, 0.1) is 0 Å². The summed E-state index contributed by atoms with van der Waals surface area (Å²) in [4.78, 5) is 15.7. The number of carbonyl (C=O) groups excluding carboxylic acids is 1. The van der Waals surface area contributed by atoms with Gasteiger partial charge in [0.1, 0.15) is 9.88 Å². The van der Waals surface area contributed by atoms with Crippen LogP contribution in [0.4, 0.5) is 10.7 Å². The lowest BCUT2D eigenvalue weighted by Gasteiger charge is -2.21. The van der Waals surface area contributed by atoms with Crippen molar-refractivity contribution in [2.75, 3.05) is 50.2 Å². The number of carbonyl (C=O) groups is 1. The number of anilines is 2. The summed E-state index contributed by atoms with van der Waals surface area (Å²) in [5.74, 6) is -0.116. The zero-order valence-corrected chi connectivity index (χ0v) is 12.8. The Labute approximate surface area is 121 Å². The van der Waals surface area contributed by atoms with Gasteiger partial charge in [-0.15, -0.1) is 23.1 Å². The van der Waals surface area contributed by atoms with Crippen LogP contribution in [-0.2, 0) is 4.74 Å². The Bertz CT molecular complexity index is 454. The van der Waals surface area contributed by atoms with Crippen molar-refractivity contribution in [2.45, 2.75) is 11.3 Å². The van der Waals surface area contributed by atoms with Crippen molar-refractivity contribution < 1.29 is 9.53 Å². The van der Waals surface area contributed by atoms with Gasteiger partial charge in [-0.05, 0) is 12.7 Å². The van der Waals surface area contributed by atoms with Gasteiger partial charge in [-0.2, -0.15) is 0 Å². The van der Waals surface area contributed by atoms with E-state index in [2.05, 4.69) is 10.2 Å². The van der Waals surface area contributed by atoms with Crippen LogP contribution in [0.5, 0.6) is 0 Å². The van der Waals surface area contributed by atoms with Crippen LogP contribution in [0.3, 0.4) is 0 Å². The van der Waals surface area contributed by atoms with Gasteiger partial charge in [-0.3, -0.25) is 4.79 Å². The molecule has 1 saturated heterocycles. The number of nitrogens with two attached hydrogens (primary N) is 1. The number of hydrogen-bond donors (Lipinski definition) is 2. The summed E-state index contributed by atoms with van der Waals surface area (Å²) in [6.07, 6.45) is 2.99. The minimum Gasteiger partial charge on any atom is -0.396 e. The predicted octanol–water partition coefficient (Wildman–Crippen LogP) is 1.64. The molecule has 0 atom stereocenters. The van der Waals surface area contributed by atoms with E-state index in [4.69, 9.17) is 10.5 Å². The number of nitrogens with zero attached hydrogens (tertiary/aromatic N) is 1. The Balaban J connectivity index is 2.35. The standard InChI is InChI=1S/C12H19N3O2S2/c1-14-11(16)9-8(13)10(18-2)12(19-9)15-4-3-6-17-7-5-15/h3-7,13H2,1-2H3,(H,14,16). The number of nitrogens with one attached hydrogen (secondary N) is 1. The average Bonchev–Trinajstić information content (AvgIpc) is 2.61. The first-order valence-electron chi connectivity index (χ1n) is 6.20. The van der Waals surface area contributed by atoms with Crippen LogP contribution >= 0.6 is 23.1 Å². The summed E-state index contributed by atoms with van der Waals surface area (Å²) >= 11 is 3.07. The third-order valence-corrected chi connectivity index (χ3v) is 5.24. The molecule has 1 aliphatic rings. The molecule has 0 aromatic carbocycles. The highest BCUT2D eigenvalue weighted by Crippen LogP contribution is 2.43. The Morgan fingerprint density at radius 3 is 2.95 bits per heavy atom. The van der Waals surface area contributed by atoms with Gasteiger partial charge in [0.05, 0.1) is 17.2 Å². The van der Waals surface area contributed by atoms with Gasteiger partial charge in [0.2, 0.25) is 0 Å². The molecule has 0 radical (unpaired) electrons. The SMILES string of the molecule is CNC(=O)c1sc(N2CCCOCC2)c(SC)c1N. The molecule has 1 aromatic rings. The van der Waals surface area contributed by atoms with Gasteiger partial charge in [0, 0.05) is 26.7 Å². The van der Waals surface area contributed by atoms with E-state index in [1.54, 1.807) is 18.8 Å². The first kappa shape index (κ1) is 14.5. The zero-order valence-electron chi connectivity index (χ0n) is 11.2. The number of thiophene rings is 1. The second-order valence-corrected chi connectivity index (χ2v) is 6.03. The van der Waals surface area contributed by atoms with Gasteiger partial charge in [-0.1, -0.05) is 0 Å². The van der Waals surface area contributed by atoms with E-state index in [0.717, 1.165) is 42.6 Å². The maximum Gasteiger partial charge on any atom is 0.263 e. The molecule has 0 bridgehead atoms. The number of thioether (sulfide) groups is 1. The fourth-order valence-corrected chi connectivity index (χ4v) is 4.23. The molecule has 0 aliphatic carbocycles. The van der Waals surface area contributed by atoms with Crippen LogP contribution in [0.25, 0.3) is 0 Å². The molecule has 3 N–H and O–H groups in total. The topological polar surface area (TPSA) is 67.6 Å². The Morgan fingerprint density at radius 1 is 1.47 bits per heavy atom. The fourth-order valence-electron chi connectivity index (χ4n) is 2.05.